The van der Waals surface area contributed by atoms with Crippen LogP contribution in [0, 0.1) is 24.7 Å². The third-order valence-corrected chi connectivity index (χ3v) is 7.42. The average Bonchev–Trinajstić information content (AvgIpc) is 3.24. The van der Waals surface area contributed by atoms with Crippen LogP contribution >= 0.6 is 0 Å². The maximum absolute atomic E-state index is 12.6. The van der Waals surface area contributed by atoms with Crippen LogP contribution < -0.4 is 15.8 Å². The topological polar surface area (TPSA) is 101 Å². The Kier molecular flexibility index (Phi) is 4.89. The molecule has 2 saturated carbocycles. The van der Waals surface area contributed by atoms with Crippen LogP contribution in [0.1, 0.15) is 24.8 Å². The fraction of sp³-hybridized carbons (Fsp3) is 0.381. The van der Waals surface area contributed by atoms with Crippen LogP contribution in [-0.2, 0) is 14.8 Å². The molecule has 6 nitrogen and oxygen atoms in total. The molecule has 28 heavy (non-hydrogen) atoms. The molecule has 2 fully saturated rings. The molecule has 4 unspecified atom stereocenters. The molecular formula is C21H25N3O3S. The first-order chi connectivity index (χ1) is 13.3. The van der Waals surface area contributed by atoms with Crippen molar-refractivity contribution in [2.45, 2.75) is 37.1 Å². The van der Waals surface area contributed by atoms with Gasteiger partial charge >= 0.3 is 0 Å². The van der Waals surface area contributed by atoms with Crippen LogP contribution in [0.2, 0.25) is 0 Å². The highest BCUT2D eigenvalue weighted by Crippen LogP contribution is 2.47. The van der Waals surface area contributed by atoms with E-state index in [0.29, 0.717) is 23.2 Å². The summed E-state index contributed by atoms with van der Waals surface area (Å²) >= 11 is 0. The van der Waals surface area contributed by atoms with E-state index >= 15 is 0 Å². The standard InChI is InChI=1S/C21H25N3O3S/c1-13-2-10-18(11-3-13)28(26,27)24-17-8-6-16(7-9-17)23-21(25)19-14-4-5-15(12-14)20(19)22/h2-3,6-11,14-15,19-20,24H,4-5,12,22H2,1H3,(H,23,25). The second-order valence-corrected chi connectivity index (χ2v) is 9.60. The molecule has 0 aromatic heterocycles. The van der Waals surface area contributed by atoms with E-state index in [-0.39, 0.29) is 22.8 Å². The summed E-state index contributed by atoms with van der Waals surface area (Å²) in [5.74, 6) is 0.700. The lowest BCUT2D eigenvalue weighted by molar-refractivity contribution is -0.121. The van der Waals surface area contributed by atoms with Gasteiger partial charge in [-0.3, -0.25) is 9.52 Å². The van der Waals surface area contributed by atoms with Gasteiger partial charge in [0.15, 0.2) is 0 Å². The van der Waals surface area contributed by atoms with Crippen molar-refractivity contribution in [3.63, 3.8) is 0 Å². The van der Waals surface area contributed by atoms with E-state index in [1.165, 1.54) is 0 Å². The number of fused-ring (bicyclic) bond motifs is 2. The number of aryl methyl sites for hydroxylation is 1. The minimum absolute atomic E-state index is 0.0345. The molecule has 4 N–H and O–H groups in total. The molecule has 148 valence electrons. The quantitative estimate of drug-likeness (QED) is 0.719. The Morgan fingerprint density at radius 2 is 1.57 bits per heavy atom. The van der Waals surface area contributed by atoms with E-state index in [0.717, 1.165) is 24.8 Å². The predicted molar refractivity (Wildman–Crippen MR) is 109 cm³/mol. The SMILES string of the molecule is Cc1ccc(S(=O)(=O)Nc2ccc(NC(=O)C3C4CCC(C4)C3N)cc2)cc1. The monoisotopic (exact) mass is 399 g/mol. The van der Waals surface area contributed by atoms with Crippen LogP contribution in [0.3, 0.4) is 0 Å². The van der Waals surface area contributed by atoms with Crippen LogP contribution in [-0.4, -0.2) is 20.4 Å². The number of anilines is 2. The van der Waals surface area contributed by atoms with E-state index in [2.05, 4.69) is 10.0 Å². The zero-order valence-electron chi connectivity index (χ0n) is 15.8. The number of amides is 1. The first-order valence-electron chi connectivity index (χ1n) is 9.59. The molecule has 4 atom stereocenters. The Morgan fingerprint density at radius 1 is 0.964 bits per heavy atom. The van der Waals surface area contributed by atoms with E-state index < -0.39 is 10.0 Å². The molecule has 2 aliphatic rings. The van der Waals surface area contributed by atoms with Gasteiger partial charge in [0.25, 0.3) is 10.0 Å². The maximum atomic E-state index is 12.6. The maximum Gasteiger partial charge on any atom is 0.261 e. The fourth-order valence-electron chi connectivity index (χ4n) is 4.50. The van der Waals surface area contributed by atoms with Crippen molar-refractivity contribution in [3.8, 4) is 0 Å². The molecule has 2 aromatic rings. The van der Waals surface area contributed by atoms with Gasteiger partial charge in [0.2, 0.25) is 5.91 Å². The number of carbonyl (C=O) groups excluding carboxylic acids is 1. The molecule has 4 rings (SSSR count). The molecule has 0 aliphatic heterocycles. The summed E-state index contributed by atoms with van der Waals surface area (Å²) in [6.45, 7) is 1.90. The summed E-state index contributed by atoms with van der Waals surface area (Å²) < 4.78 is 27.5. The van der Waals surface area contributed by atoms with Gasteiger partial charge < -0.3 is 11.1 Å². The van der Waals surface area contributed by atoms with E-state index in [1.54, 1.807) is 48.5 Å². The summed E-state index contributed by atoms with van der Waals surface area (Å²) in [4.78, 5) is 12.8. The zero-order valence-corrected chi connectivity index (χ0v) is 16.6. The highest BCUT2D eigenvalue weighted by Gasteiger charge is 2.49. The van der Waals surface area contributed by atoms with Crippen molar-refractivity contribution in [1.82, 2.24) is 0 Å². The Morgan fingerprint density at radius 3 is 2.18 bits per heavy atom. The summed E-state index contributed by atoms with van der Waals surface area (Å²) in [6, 6.07) is 13.3. The minimum Gasteiger partial charge on any atom is -0.327 e. The van der Waals surface area contributed by atoms with Crippen molar-refractivity contribution >= 4 is 27.3 Å². The second kappa shape index (κ2) is 7.22. The molecule has 2 aromatic carbocycles. The number of sulfonamides is 1. The molecule has 0 spiro atoms. The lowest BCUT2D eigenvalue weighted by Crippen LogP contribution is -2.42. The molecule has 0 radical (unpaired) electrons. The summed E-state index contributed by atoms with van der Waals surface area (Å²) in [5, 5.41) is 2.93. The highest BCUT2D eigenvalue weighted by molar-refractivity contribution is 7.92. The minimum atomic E-state index is -3.65. The number of hydrogen-bond donors (Lipinski definition) is 3. The van der Waals surface area contributed by atoms with Crippen molar-refractivity contribution < 1.29 is 13.2 Å². The number of nitrogens with two attached hydrogens (primary N) is 1. The van der Waals surface area contributed by atoms with Crippen molar-refractivity contribution in [1.29, 1.82) is 0 Å². The Balaban J connectivity index is 1.41. The van der Waals surface area contributed by atoms with Crippen molar-refractivity contribution in [2.24, 2.45) is 23.5 Å². The van der Waals surface area contributed by atoms with Gasteiger partial charge in [0, 0.05) is 17.4 Å². The molecule has 1 amide bonds. The lowest BCUT2D eigenvalue weighted by Gasteiger charge is -2.27. The third kappa shape index (κ3) is 3.64. The highest BCUT2D eigenvalue weighted by atomic mass is 32.2. The van der Waals surface area contributed by atoms with Crippen LogP contribution in [0.25, 0.3) is 0 Å². The average molecular weight is 400 g/mol. The van der Waals surface area contributed by atoms with Gasteiger partial charge in [-0.25, -0.2) is 8.42 Å². The van der Waals surface area contributed by atoms with Crippen molar-refractivity contribution in [3.05, 3.63) is 54.1 Å². The number of hydrogen-bond acceptors (Lipinski definition) is 4. The molecule has 2 bridgehead atoms. The predicted octanol–water partition coefficient (Wildman–Crippen LogP) is 3.11. The number of rotatable bonds is 5. The third-order valence-electron chi connectivity index (χ3n) is 6.02. The molecule has 0 saturated heterocycles. The normalized spacial score (nSPS) is 26.2. The van der Waals surface area contributed by atoms with Gasteiger partial charge in [-0.05, 0) is 74.4 Å². The van der Waals surface area contributed by atoms with Gasteiger partial charge in [0.1, 0.15) is 0 Å². The van der Waals surface area contributed by atoms with E-state index in [4.69, 9.17) is 5.73 Å². The summed E-state index contributed by atoms with van der Waals surface area (Å²) in [6.07, 6.45) is 3.26. The van der Waals surface area contributed by atoms with Gasteiger partial charge in [-0.1, -0.05) is 17.7 Å². The molecule has 0 heterocycles. The van der Waals surface area contributed by atoms with E-state index in [9.17, 15) is 13.2 Å². The van der Waals surface area contributed by atoms with Gasteiger partial charge in [-0.2, -0.15) is 0 Å². The van der Waals surface area contributed by atoms with Gasteiger partial charge in [0.05, 0.1) is 10.8 Å². The van der Waals surface area contributed by atoms with Gasteiger partial charge in [-0.15, -0.1) is 0 Å². The van der Waals surface area contributed by atoms with Crippen LogP contribution in [0.15, 0.2) is 53.4 Å². The lowest BCUT2D eigenvalue weighted by atomic mass is 9.84. The molecule has 7 heteroatoms. The zero-order chi connectivity index (χ0) is 19.9. The second-order valence-electron chi connectivity index (χ2n) is 7.92. The first kappa shape index (κ1) is 19.0. The van der Waals surface area contributed by atoms with E-state index in [1.807, 2.05) is 6.92 Å². The van der Waals surface area contributed by atoms with Crippen LogP contribution in [0.4, 0.5) is 11.4 Å². The van der Waals surface area contributed by atoms with Crippen molar-refractivity contribution in [2.75, 3.05) is 10.0 Å². The molecular weight excluding hydrogens is 374 g/mol. The summed E-state index contributed by atoms with van der Waals surface area (Å²) in [7, 11) is -3.65. The first-order valence-corrected chi connectivity index (χ1v) is 11.1. The Bertz CT molecular complexity index is 969. The number of benzene rings is 2. The number of carbonyl (C=O) groups is 1. The Labute approximate surface area is 165 Å². The fourth-order valence-corrected chi connectivity index (χ4v) is 5.56. The Hall–Kier alpha value is -2.38. The number of nitrogens with one attached hydrogen (secondary N) is 2. The summed E-state index contributed by atoms with van der Waals surface area (Å²) in [5.41, 5.74) is 8.31. The smallest absolute Gasteiger partial charge is 0.261 e. The molecule has 2 aliphatic carbocycles. The largest absolute Gasteiger partial charge is 0.327 e. The van der Waals surface area contributed by atoms with Crippen LogP contribution in [0.5, 0.6) is 0 Å².